The molecule has 1 aliphatic carbocycles. The van der Waals surface area contributed by atoms with E-state index in [1.165, 1.54) is 6.42 Å². The zero-order valence-electron chi connectivity index (χ0n) is 12.4. The number of nitro groups is 1. The van der Waals surface area contributed by atoms with Crippen LogP contribution in [0, 0.1) is 10.1 Å². The molecule has 112 valence electrons. The Morgan fingerprint density at radius 2 is 2.20 bits per heavy atom. The number of thioether (sulfide) groups is 1. The summed E-state index contributed by atoms with van der Waals surface area (Å²) in [6.45, 7) is 3.86. The van der Waals surface area contributed by atoms with Crippen LogP contribution in [-0.2, 0) is 7.05 Å². The highest BCUT2D eigenvalue weighted by atomic mass is 32.2. The lowest BCUT2D eigenvalue weighted by atomic mass is 10.1. The Balaban J connectivity index is 2.25. The molecular weight excluding hydrogens is 276 g/mol. The lowest BCUT2D eigenvalue weighted by molar-refractivity contribution is -0.384. The van der Waals surface area contributed by atoms with Crippen molar-refractivity contribution < 1.29 is 4.92 Å². The molecule has 7 heteroatoms. The largest absolute Gasteiger partial charge is 0.362 e. The standard InChI is InChI=1S/C13H22N4O2S/c1-8(2)11-12(17(18)19)13(16(3)15-11)14-9-5-6-10(7-9)20-4/h8-10,14H,5-7H2,1-4H3. The number of rotatable bonds is 5. The summed E-state index contributed by atoms with van der Waals surface area (Å²) in [6.07, 6.45) is 5.41. The molecule has 0 spiro atoms. The van der Waals surface area contributed by atoms with Gasteiger partial charge in [0.25, 0.3) is 0 Å². The van der Waals surface area contributed by atoms with Crippen molar-refractivity contribution in [3.63, 3.8) is 0 Å². The second-order valence-corrected chi connectivity index (χ2v) is 6.77. The Morgan fingerprint density at radius 3 is 2.70 bits per heavy atom. The monoisotopic (exact) mass is 298 g/mol. The van der Waals surface area contributed by atoms with E-state index in [4.69, 9.17) is 0 Å². The number of aromatic nitrogens is 2. The Morgan fingerprint density at radius 1 is 1.50 bits per heavy atom. The van der Waals surface area contributed by atoms with E-state index in [2.05, 4.69) is 16.7 Å². The van der Waals surface area contributed by atoms with E-state index in [0.717, 1.165) is 12.8 Å². The molecule has 0 aromatic carbocycles. The summed E-state index contributed by atoms with van der Waals surface area (Å²) in [5, 5.41) is 19.7. The maximum absolute atomic E-state index is 11.4. The van der Waals surface area contributed by atoms with Crippen LogP contribution < -0.4 is 5.32 Å². The quantitative estimate of drug-likeness (QED) is 0.667. The second kappa shape index (κ2) is 6.03. The van der Waals surface area contributed by atoms with Crippen LogP contribution in [-0.4, -0.2) is 32.3 Å². The molecule has 20 heavy (non-hydrogen) atoms. The lowest BCUT2D eigenvalue weighted by Gasteiger charge is -2.13. The summed E-state index contributed by atoms with van der Waals surface area (Å²) in [6, 6.07) is 0.307. The summed E-state index contributed by atoms with van der Waals surface area (Å²) in [5.41, 5.74) is 0.689. The van der Waals surface area contributed by atoms with Gasteiger partial charge < -0.3 is 5.32 Å². The van der Waals surface area contributed by atoms with Gasteiger partial charge in [0.05, 0.1) is 4.92 Å². The number of nitrogens with one attached hydrogen (secondary N) is 1. The third-order valence-corrected chi connectivity index (χ3v) is 4.93. The summed E-state index contributed by atoms with van der Waals surface area (Å²) in [4.78, 5) is 11.0. The first-order valence-electron chi connectivity index (χ1n) is 6.94. The SMILES string of the molecule is CSC1CCC(Nc2c([N+](=O)[O-])c(C(C)C)nn2C)C1. The number of hydrogen-bond donors (Lipinski definition) is 1. The minimum atomic E-state index is -0.314. The molecule has 1 aliphatic rings. The first kappa shape index (κ1) is 15.2. The smallest absolute Gasteiger partial charge is 0.334 e. The van der Waals surface area contributed by atoms with Gasteiger partial charge >= 0.3 is 5.69 Å². The normalized spacial score (nSPS) is 22.4. The van der Waals surface area contributed by atoms with Crippen LogP contribution in [0.2, 0.25) is 0 Å². The van der Waals surface area contributed by atoms with Crippen molar-refractivity contribution >= 4 is 23.3 Å². The first-order valence-corrected chi connectivity index (χ1v) is 8.23. The minimum absolute atomic E-state index is 0.0414. The van der Waals surface area contributed by atoms with Crippen molar-refractivity contribution in [3.8, 4) is 0 Å². The van der Waals surface area contributed by atoms with E-state index in [1.54, 1.807) is 11.7 Å². The maximum atomic E-state index is 11.4. The van der Waals surface area contributed by atoms with Gasteiger partial charge in [-0.25, -0.2) is 4.68 Å². The van der Waals surface area contributed by atoms with Gasteiger partial charge in [0.1, 0.15) is 5.69 Å². The highest BCUT2D eigenvalue weighted by Gasteiger charge is 2.32. The van der Waals surface area contributed by atoms with Crippen LogP contribution in [0.4, 0.5) is 11.5 Å². The number of aryl methyl sites for hydroxylation is 1. The molecule has 1 aromatic rings. The van der Waals surface area contributed by atoms with Gasteiger partial charge in [-0.15, -0.1) is 0 Å². The zero-order valence-corrected chi connectivity index (χ0v) is 13.2. The Bertz CT molecular complexity index is 501. The predicted molar refractivity (Wildman–Crippen MR) is 82.5 cm³/mol. The molecule has 1 N–H and O–H groups in total. The molecule has 1 aromatic heterocycles. The molecule has 0 radical (unpaired) electrons. The fraction of sp³-hybridized carbons (Fsp3) is 0.769. The highest BCUT2D eigenvalue weighted by Crippen LogP contribution is 2.36. The number of nitrogens with zero attached hydrogens (tertiary/aromatic N) is 3. The van der Waals surface area contributed by atoms with Gasteiger partial charge in [-0.3, -0.25) is 10.1 Å². The van der Waals surface area contributed by atoms with Crippen LogP contribution in [0.15, 0.2) is 0 Å². The van der Waals surface area contributed by atoms with Crippen LogP contribution >= 0.6 is 11.8 Å². The van der Waals surface area contributed by atoms with Gasteiger partial charge in [0.2, 0.25) is 5.82 Å². The molecule has 0 aliphatic heterocycles. The summed E-state index contributed by atoms with van der Waals surface area (Å²) >= 11 is 1.88. The van der Waals surface area contributed by atoms with E-state index in [-0.39, 0.29) is 16.5 Å². The third kappa shape index (κ3) is 2.92. The van der Waals surface area contributed by atoms with E-state index < -0.39 is 0 Å². The summed E-state index contributed by atoms with van der Waals surface area (Å²) in [7, 11) is 1.77. The van der Waals surface area contributed by atoms with Crippen molar-refractivity contribution in [2.75, 3.05) is 11.6 Å². The van der Waals surface area contributed by atoms with Crippen molar-refractivity contribution in [3.05, 3.63) is 15.8 Å². The summed E-state index contributed by atoms with van der Waals surface area (Å²) in [5.74, 6) is 0.588. The molecule has 0 bridgehead atoms. The second-order valence-electron chi connectivity index (χ2n) is 5.63. The lowest BCUT2D eigenvalue weighted by Crippen LogP contribution is -2.18. The Hall–Kier alpha value is -1.24. The molecular formula is C13H22N4O2S. The van der Waals surface area contributed by atoms with E-state index in [1.807, 2.05) is 25.6 Å². The average molecular weight is 298 g/mol. The van der Waals surface area contributed by atoms with Crippen molar-refractivity contribution in [2.45, 2.75) is 50.3 Å². The van der Waals surface area contributed by atoms with Gasteiger partial charge in [-0.2, -0.15) is 16.9 Å². The van der Waals surface area contributed by atoms with Crippen molar-refractivity contribution in [1.82, 2.24) is 9.78 Å². The molecule has 2 rings (SSSR count). The molecule has 1 fully saturated rings. The number of anilines is 1. The topological polar surface area (TPSA) is 73.0 Å². The Labute approximate surface area is 123 Å². The van der Waals surface area contributed by atoms with Gasteiger partial charge in [-0.05, 0) is 25.5 Å². The summed E-state index contributed by atoms with van der Waals surface area (Å²) < 4.78 is 1.61. The van der Waals surface area contributed by atoms with Crippen LogP contribution in [0.1, 0.15) is 44.7 Å². The molecule has 0 amide bonds. The van der Waals surface area contributed by atoms with Crippen molar-refractivity contribution in [1.29, 1.82) is 0 Å². The first-order chi connectivity index (χ1) is 9.43. The van der Waals surface area contributed by atoms with E-state index >= 15 is 0 Å². The molecule has 6 nitrogen and oxygen atoms in total. The van der Waals surface area contributed by atoms with Crippen LogP contribution in [0.25, 0.3) is 0 Å². The molecule has 2 unspecified atom stereocenters. The zero-order chi connectivity index (χ0) is 14.9. The number of hydrogen-bond acceptors (Lipinski definition) is 5. The molecule has 2 atom stereocenters. The fourth-order valence-electron chi connectivity index (χ4n) is 2.74. The molecule has 1 saturated carbocycles. The van der Waals surface area contributed by atoms with E-state index in [0.29, 0.717) is 22.8 Å². The maximum Gasteiger partial charge on any atom is 0.334 e. The molecule has 1 heterocycles. The van der Waals surface area contributed by atoms with Gasteiger partial charge in [0.15, 0.2) is 0 Å². The Kier molecular flexibility index (Phi) is 4.57. The van der Waals surface area contributed by atoms with Crippen molar-refractivity contribution in [2.24, 2.45) is 7.05 Å². The minimum Gasteiger partial charge on any atom is -0.362 e. The average Bonchev–Trinajstić information content (AvgIpc) is 2.95. The van der Waals surface area contributed by atoms with Gasteiger partial charge in [-0.1, -0.05) is 13.8 Å². The fourth-order valence-corrected chi connectivity index (χ4v) is 3.54. The van der Waals surface area contributed by atoms with E-state index in [9.17, 15) is 10.1 Å². The highest BCUT2D eigenvalue weighted by molar-refractivity contribution is 7.99. The van der Waals surface area contributed by atoms with Crippen LogP contribution in [0.5, 0.6) is 0 Å². The third-order valence-electron chi connectivity index (χ3n) is 3.84. The molecule has 0 saturated heterocycles. The predicted octanol–water partition coefficient (Wildman–Crippen LogP) is 3.15. The van der Waals surface area contributed by atoms with Crippen LogP contribution in [0.3, 0.4) is 0 Å². The van der Waals surface area contributed by atoms with Gasteiger partial charge in [0, 0.05) is 24.3 Å².